The molecule has 1 fully saturated rings. The highest BCUT2D eigenvalue weighted by atomic mass is 79.9. The monoisotopic (exact) mass is 328 g/mol. The van der Waals surface area contributed by atoms with Crippen molar-refractivity contribution in [2.24, 2.45) is 11.7 Å². The van der Waals surface area contributed by atoms with Gasteiger partial charge in [-0.3, -0.25) is 4.90 Å². The van der Waals surface area contributed by atoms with E-state index in [9.17, 15) is 4.39 Å². The molecule has 106 valence electrons. The molecule has 2 nitrogen and oxygen atoms in total. The molecular formula is C15H22BrFN2. The first-order valence-electron chi connectivity index (χ1n) is 6.93. The van der Waals surface area contributed by atoms with E-state index >= 15 is 0 Å². The number of nitrogens with zero attached hydrogens (tertiary/aromatic N) is 1. The van der Waals surface area contributed by atoms with Crippen molar-refractivity contribution in [2.45, 2.75) is 38.8 Å². The van der Waals surface area contributed by atoms with Gasteiger partial charge in [-0.05, 0) is 30.9 Å². The van der Waals surface area contributed by atoms with Crippen molar-refractivity contribution in [3.05, 3.63) is 34.1 Å². The van der Waals surface area contributed by atoms with Crippen LogP contribution >= 0.6 is 15.9 Å². The Labute approximate surface area is 123 Å². The lowest BCUT2D eigenvalue weighted by molar-refractivity contribution is 0.166. The first-order valence-corrected chi connectivity index (χ1v) is 7.73. The van der Waals surface area contributed by atoms with Gasteiger partial charge in [0, 0.05) is 29.2 Å². The molecule has 1 saturated carbocycles. The van der Waals surface area contributed by atoms with E-state index in [0.29, 0.717) is 18.5 Å². The molecule has 0 aromatic heterocycles. The fourth-order valence-electron chi connectivity index (χ4n) is 2.57. The zero-order chi connectivity index (χ0) is 14.0. The minimum Gasteiger partial charge on any atom is -0.329 e. The Balaban J connectivity index is 2.25. The number of nitrogens with two attached hydrogens (primary N) is 1. The van der Waals surface area contributed by atoms with E-state index in [-0.39, 0.29) is 11.9 Å². The van der Waals surface area contributed by atoms with Crippen LogP contribution in [0.5, 0.6) is 0 Å². The second kappa shape index (κ2) is 6.33. The summed E-state index contributed by atoms with van der Waals surface area (Å²) in [6.45, 7) is 5.83. The third kappa shape index (κ3) is 3.77. The molecule has 0 radical (unpaired) electrons. The second-order valence-electron chi connectivity index (χ2n) is 5.74. The minimum atomic E-state index is -0.167. The summed E-state index contributed by atoms with van der Waals surface area (Å²) in [5.74, 6) is 0.396. The fraction of sp³-hybridized carbons (Fsp3) is 0.600. The first-order chi connectivity index (χ1) is 9.02. The summed E-state index contributed by atoms with van der Waals surface area (Å²) in [4.78, 5) is 2.39. The van der Waals surface area contributed by atoms with Crippen molar-refractivity contribution in [1.29, 1.82) is 0 Å². The van der Waals surface area contributed by atoms with Gasteiger partial charge in [-0.1, -0.05) is 35.8 Å². The summed E-state index contributed by atoms with van der Waals surface area (Å²) in [6.07, 6.45) is 2.42. The van der Waals surface area contributed by atoms with E-state index in [0.717, 1.165) is 16.6 Å². The second-order valence-corrected chi connectivity index (χ2v) is 6.65. The Morgan fingerprint density at radius 3 is 2.58 bits per heavy atom. The summed E-state index contributed by atoms with van der Waals surface area (Å²) in [5, 5.41) is 0. The average Bonchev–Trinajstić information content (AvgIpc) is 3.14. The number of rotatable bonds is 6. The predicted molar refractivity (Wildman–Crippen MR) is 80.5 cm³/mol. The van der Waals surface area contributed by atoms with Crippen LogP contribution in [0.25, 0.3) is 0 Å². The maximum Gasteiger partial charge on any atom is 0.129 e. The van der Waals surface area contributed by atoms with Crippen LogP contribution in [0.1, 0.15) is 38.3 Å². The van der Waals surface area contributed by atoms with E-state index in [1.807, 2.05) is 12.1 Å². The zero-order valence-corrected chi connectivity index (χ0v) is 13.2. The van der Waals surface area contributed by atoms with Crippen molar-refractivity contribution in [1.82, 2.24) is 4.90 Å². The molecule has 0 saturated heterocycles. The Morgan fingerprint density at radius 2 is 2.11 bits per heavy atom. The molecule has 1 unspecified atom stereocenters. The highest BCUT2D eigenvalue weighted by Crippen LogP contribution is 2.35. The minimum absolute atomic E-state index is 0.0111. The Morgan fingerprint density at radius 1 is 1.42 bits per heavy atom. The van der Waals surface area contributed by atoms with E-state index in [4.69, 9.17) is 5.73 Å². The standard InChI is InChI=1S/C15H22BrFN2/c1-10(2)9-19(12-4-5-12)15(8-18)13-6-3-11(16)7-14(13)17/h3,6-7,10,12,15H,4-5,8-9,18H2,1-2H3. The van der Waals surface area contributed by atoms with Gasteiger partial charge in [0.1, 0.15) is 5.82 Å². The van der Waals surface area contributed by atoms with Crippen LogP contribution in [0.2, 0.25) is 0 Å². The molecule has 0 spiro atoms. The molecule has 0 bridgehead atoms. The molecule has 0 amide bonds. The van der Waals surface area contributed by atoms with E-state index in [1.54, 1.807) is 0 Å². The lowest BCUT2D eigenvalue weighted by Crippen LogP contribution is -2.38. The van der Waals surface area contributed by atoms with Crippen LogP contribution in [-0.4, -0.2) is 24.0 Å². The molecule has 1 atom stereocenters. The van der Waals surface area contributed by atoms with Crippen molar-refractivity contribution in [2.75, 3.05) is 13.1 Å². The van der Waals surface area contributed by atoms with Crippen LogP contribution in [-0.2, 0) is 0 Å². The Hall–Kier alpha value is -0.450. The molecule has 2 N–H and O–H groups in total. The third-order valence-electron chi connectivity index (χ3n) is 3.54. The predicted octanol–water partition coefficient (Wildman–Crippen LogP) is 3.71. The molecule has 1 aliphatic rings. The maximum atomic E-state index is 14.2. The van der Waals surface area contributed by atoms with E-state index < -0.39 is 0 Å². The molecular weight excluding hydrogens is 307 g/mol. The third-order valence-corrected chi connectivity index (χ3v) is 4.03. The maximum absolute atomic E-state index is 14.2. The van der Waals surface area contributed by atoms with Gasteiger partial charge in [0.05, 0.1) is 6.04 Å². The van der Waals surface area contributed by atoms with E-state index in [1.165, 1.54) is 18.9 Å². The summed E-state index contributed by atoms with van der Waals surface area (Å²) in [6, 6.07) is 5.84. The highest BCUT2D eigenvalue weighted by molar-refractivity contribution is 9.10. The van der Waals surface area contributed by atoms with Crippen molar-refractivity contribution >= 4 is 15.9 Å². The summed E-state index contributed by atoms with van der Waals surface area (Å²) >= 11 is 3.30. The van der Waals surface area contributed by atoms with Crippen LogP contribution in [0.4, 0.5) is 4.39 Å². The van der Waals surface area contributed by atoms with Crippen molar-refractivity contribution in [3.8, 4) is 0 Å². The number of hydrogen-bond acceptors (Lipinski definition) is 2. The molecule has 2 rings (SSSR count). The fourth-order valence-corrected chi connectivity index (χ4v) is 2.90. The van der Waals surface area contributed by atoms with Gasteiger partial charge in [0.15, 0.2) is 0 Å². The van der Waals surface area contributed by atoms with Crippen LogP contribution in [0.3, 0.4) is 0 Å². The number of benzene rings is 1. The number of hydrogen-bond donors (Lipinski definition) is 1. The van der Waals surface area contributed by atoms with Gasteiger partial charge < -0.3 is 5.73 Å². The van der Waals surface area contributed by atoms with Gasteiger partial charge in [-0.25, -0.2) is 4.39 Å². The van der Waals surface area contributed by atoms with Crippen LogP contribution in [0.15, 0.2) is 22.7 Å². The smallest absolute Gasteiger partial charge is 0.129 e. The molecule has 4 heteroatoms. The average molecular weight is 329 g/mol. The molecule has 0 heterocycles. The van der Waals surface area contributed by atoms with Gasteiger partial charge in [-0.15, -0.1) is 0 Å². The molecule has 1 aromatic carbocycles. The van der Waals surface area contributed by atoms with Crippen LogP contribution < -0.4 is 5.73 Å². The number of halogens is 2. The molecule has 19 heavy (non-hydrogen) atoms. The van der Waals surface area contributed by atoms with Gasteiger partial charge in [-0.2, -0.15) is 0 Å². The Bertz CT molecular complexity index is 432. The SMILES string of the molecule is CC(C)CN(C1CC1)C(CN)c1ccc(Br)cc1F. The summed E-state index contributed by atoms with van der Waals surface area (Å²) in [5.41, 5.74) is 6.65. The molecule has 1 aliphatic carbocycles. The van der Waals surface area contributed by atoms with E-state index in [2.05, 4.69) is 34.7 Å². The first kappa shape index (κ1) is 14.9. The normalized spacial score (nSPS) is 17.2. The largest absolute Gasteiger partial charge is 0.329 e. The van der Waals surface area contributed by atoms with Gasteiger partial charge in [0.25, 0.3) is 0 Å². The summed E-state index contributed by atoms with van der Waals surface area (Å²) < 4.78 is 14.9. The topological polar surface area (TPSA) is 29.3 Å². The quantitative estimate of drug-likeness (QED) is 0.862. The zero-order valence-electron chi connectivity index (χ0n) is 11.6. The molecule has 0 aliphatic heterocycles. The van der Waals surface area contributed by atoms with Gasteiger partial charge >= 0.3 is 0 Å². The highest BCUT2D eigenvalue weighted by Gasteiger charge is 2.35. The Kier molecular flexibility index (Phi) is 4.98. The lowest BCUT2D eigenvalue weighted by atomic mass is 10.0. The van der Waals surface area contributed by atoms with Crippen molar-refractivity contribution in [3.63, 3.8) is 0 Å². The van der Waals surface area contributed by atoms with Crippen LogP contribution in [0, 0.1) is 11.7 Å². The van der Waals surface area contributed by atoms with Gasteiger partial charge in [0.2, 0.25) is 0 Å². The van der Waals surface area contributed by atoms with Crippen molar-refractivity contribution < 1.29 is 4.39 Å². The molecule has 1 aromatic rings. The summed E-state index contributed by atoms with van der Waals surface area (Å²) in [7, 11) is 0. The lowest BCUT2D eigenvalue weighted by Gasteiger charge is -2.33.